The molecule has 0 saturated carbocycles. The summed E-state index contributed by atoms with van der Waals surface area (Å²) in [6.45, 7) is 6.27. The largest absolute Gasteiger partial charge is 0.349 e. The SMILES string of the molecule is CCC(NC(=O)CCc1ccc(Cl)c(Cl)c1)c1ccc(C)c(C)c1. The summed E-state index contributed by atoms with van der Waals surface area (Å²) in [6, 6.07) is 11.9. The van der Waals surface area contributed by atoms with Crippen molar-refractivity contribution in [1.29, 1.82) is 0 Å². The van der Waals surface area contributed by atoms with Crippen molar-refractivity contribution >= 4 is 29.1 Å². The zero-order valence-electron chi connectivity index (χ0n) is 14.3. The first-order chi connectivity index (χ1) is 11.4. The summed E-state index contributed by atoms with van der Waals surface area (Å²) in [5.74, 6) is 0.0474. The standard InChI is InChI=1S/C20H23Cl2NO/c1-4-19(16-8-5-13(2)14(3)11-16)23-20(24)10-7-15-6-9-17(21)18(22)12-15/h5-6,8-9,11-12,19H,4,7,10H2,1-3H3,(H,23,24). The third kappa shape index (κ3) is 4.99. The minimum atomic E-state index is 0.0469. The molecule has 2 aromatic carbocycles. The summed E-state index contributed by atoms with van der Waals surface area (Å²) >= 11 is 11.9. The first-order valence-electron chi connectivity index (χ1n) is 8.21. The van der Waals surface area contributed by atoms with E-state index in [2.05, 4.69) is 44.3 Å². The van der Waals surface area contributed by atoms with E-state index < -0.39 is 0 Å². The van der Waals surface area contributed by atoms with Gasteiger partial charge in [0.15, 0.2) is 0 Å². The fraction of sp³-hybridized carbons (Fsp3) is 0.350. The topological polar surface area (TPSA) is 29.1 Å². The van der Waals surface area contributed by atoms with Crippen LogP contribution < -0.4 is 5.32 Å². The summed E-state index contributed by atoms with van der Waals surface area (Å²) in [6.07, 6.45) is 1.94. The van der Waals surface area contributed by atoms with Crippen molar-refractivity contribution in [3.63, 3.8) is 0 Å². The molecule has 0 heterocycles. The maximum atomic E-state index is 12.3. The summed E-state index contributed by atoms with van der Waals surface area (Å²) in [7, 11) is 0. The molecule has 2 nitrogen and oxygen atoms in total. The van der Waals surface area contributed by atoms with Crippen molar-refractivity contribution in [3.05, 3.63) is 68.7 Å². The minimum Gasteiger partial charge on any atom is -0.349 e. The lowest BCUT2D eigenvalue weighted by Crippen LogP contribution is -2.28. The molecule has 1 amide bonds. The van der Waals surface area contributed by atoms with Gasteiger partial charge in [-0.2, -0.15) is 0 Å². The molecule has 0 saturated heterocycles. The average molecular weight is 364 g/mol. The van der Waals surface area contributed by atoms with E-state index in [1.165, 1.54) is 11.1 Å². The second-order valence-corrected chi connectivity index (χ2v) is 6.93. The van der Waals surface area contributed by atoms with Crippen LogP contribution >= 0.6 is 23.2 Å². The van der Waals surface area contributed by atoms with E-state index in [0.717, 1.165) is 17.5 Å². The van der Waals surface area contributed by atoms with Gasteiger partial charge in [0.05, 0.1) is 16.1 Å². The van der Waals surface area contributed by atoms with E-state index in [9.17, 15) is 4.79 Å². The monoisotopic (exact) mass is 363 g/mol. The molecule has 0 bridgehead atoms. The third-order valence-corrected chi connectivity index (χ3v) is 5.04. The number of carbonyl (C=O) groups is 1. The number of carbonyl (C=O) groups excluding carboxylic acids is 1. The molecular weight excluding hydrogens is 341 g/mol. The van der Waals surface area contributed by atoms with Gasteiger partial charge in [-0.05, 0) is 61.1 Å². The number of aryl methyl sites for hydroxylation is 3. The Morgan fingerprint density at radius 3 is 2.42 bits per heavy atom. The molecule has 2 aromatic rings. The summed E-state index contributed by atoms with van der Waals surface area (Å²) < 4.78 is 0. The van der Waals surface area contributed by atoms with Gasteiger partial charge in [-0.3, -0.25) is 4.79 Å². The van der Waals surface area contributed by atoms with Crippen LogP contribution in [-0.4, -0.2) is 5.91 Å². The zero-order chi connectivity index (χ0) is 17.7. The van der Waals surface area contributed by atoms with Gasteiger partial charge < -0.3 is 5.32 Å². The lowest BCUT2D eigenvalue weighted by Gasteiger charge is -2.18. The first-order valence-corrected chi connectivity index (χ1v) is 8.96. The predicted molar refractivity (Wildman–Crippen MR) is 102 cm³/mol. The number of hydrogen-bond acceptors (Lipinski definition) is 1. The molecule has 128 valence electrons. The predicted octanol–water partition coefficient (Wildman–Crippen LogP) is 5.81. The van der Waals surface area contributed by atoms with Crippen LogP contribution in [0.1, 0.15) is 48.1 Å². The molecule has 1 N–H and O–H groups in total. The smallest absolute Gasteiger partial charge is 0.220 e. The molecule has 0 aliphatic carbocycles. The Labute approximate surface area is 154 Å². The zero-order valence-corrected chi connectivity index (χ0v) is 15.8. The number of rotatable bonds is 6. The van der Waals surface area contributed by atoms with Crippen LogP contribution in [0.2, 0.25) is 10.0 Å². The molecule has 2 rings (SSSR count). The van der Waals surface area contributed by atoms with Gasteiger partial charge in [0, 0.05) is 6.42 Å². The van der Waals surface area contributed by atoms with Crippen LogP contribution in [0.25, 0.3) is 0 Å². The Bertz CT molecular complexity index is 728. The van der Waals surface area contributed by atoms with Crippen molar-refractivity contribution in [2.75, 3.05) is 0 Å². The number of benzene rings is 2. The minimum absolute atomic E-state index is 0.0469. The van der Waals surface area contributed by atoms with Crippen molar-refractivity contribution in [3.8, 4) is 0 Å². The molecule has 0 fully saturated rings. The van der Waals surface area contributed by atoms with Crippen LogP contribution in [0.4, 0.5) is 0 Å². The quantitative estimate of drug-likeness (QED) is 0.688. The van der Waals surface area contributed by atoms with Crippen molar-refractivity contribution in [2.24, 2.45) is 0 Å². The highest BCUT2D eigenvalue weighted by molar-refractivity contribution is 6.42. The molecule has 1 atom stereocenters. The van der Waals surface area contributed by atoms with Gasteiger partial charge in [0.1, 0.15) is 0 Å². The molecule has 0 aromatic heterocycles. The normalized spacial score (nSPS) is 12.0. The Balaban J connectivity index is 1.96. The van der Waals surface area contributed by atoms with Crippen molar-refractivity contribution < 1.29 is 4.79 Å². The van der Waals surface area contributed by atoms with Gasteiger partial charge in [0.2, 0.25) is 5.91 Å². The number of amides is 1. The molecule has 0 spiro atoms. The van der Waals surface area contributed by atoms with Crippen LogP contribution in [0.15, 0.2) is 36.4 Å². The van der Waals surface area contributed by atoms with E-state index in [1.807, 2.05) is 12.1 Å². The fourth-order valence-corrected chi connectivity index (χ4v) is 2.94. The fourth-order valence-electron chi connectivity index (χ4n) is 2.62. The van der Waals surface area contributed by atoms with E-state index in [1.54, 1.807) is 6.07 Å². The van der Waals surface area contributed by atoms with Crippen LogP contribution in [-0.2, 0) is 11.2 Å². The third-order valence-electron chi connectivity index (χ3n) is 4.30. The van der Waals surface area contributed by atoms with Gasteiger partial charge in [-0.1, -0.05) is 54.4 Å². The number of nitrogens with one attached hydrogen (secondary N) is 1. The van der Waals surface area contributed by atoms with Crippen molar-refractivity contribution in [2.45, 2.75) is 46.1 Å². The van der Waals surface area contributed by atoms with E-state index in [-0.39, 0.29) is 11.9 Å². The second kappa shape index (κ2) is 8.55. The summed E-state index contributed by atoms with van der Waals surface area (Å²) in [5.41, 5.74) is 4.68. The first kappa shape index (κ1) is 18.8. The highest BCUT2D eigenvalue weighted by atomic mass is 35.5. The summed E-state index contributed by atoms with van der Waals surface area (Å²) in [5, 5.41) is 4.19. The molecule has 24 heavy (non-hydrogen) atoms. The van der Waals surface area contributed by atoms with Gasteiger partial charge in [-0.25, -0.2) is 0 Å². The Morgan fingerprint density at radius 1 is 1.04 bits per heavy atom. The lowest BCUT2D eigenvalue weighted by atomic mass is 9.99. The number of halogens is 2. The van der Waals surface area contributed by atoms with E-state index in [4.69, 9.17) is 23.2 Å². The van der Waals surface area contributed by atoms with Crippen LogP contribution in [0.3, 0.4) is 0 Å². The molecule has 1 unspecified atom stereocenters. The van der Waals surface area contributed by atoms with Gasteiger partial charge in [-0.15, -0.1) is 0 Å². The highest BCUT2D eigenvalue weighted by Gasteiger charge is 2.13. The highest BCUT2D eigenvalue weighted by Crippen LogP contribution is 2.23. The maximum absolute atomic E-state index is 12.3. The average Bonchev–Trinajstić information content (AvgIpc) is 2.56. The molecule has 0 aliphatic rings. The van der Waals surface area contributed by atoms with Crippen molar-refractivity contribution in [1.82, 2.24) is 5.32 Å². The van der Waals surface area contributed by atoms with E-state index in [0.29, 0.717) is 22.9 Å². The Morgan fingerprint density at radius 2 is 1.79 bits per heavy atom. The molecule has 0 aliphatic heterocycles. The van der Waals surface area contributed by atoms with Gasteiger partial charge >= 0.3 is 0 Å². The molecule has 4 heteroatoms. The number of hydrogen-bond donors (Lipinski definition) is 1. The van der Waals surface area contributed by atoms with E-state index >= 15 is 0 Å². The lowest BCUT2D eigenvalue weighted by molar-refractivity contribution is -0.121. The van der Waals surface area contributed by atoms with Crippen LogP contribution in [0.5, 0.6) is 0 Å². The Kier molecular flexibility index (Phi) is 6.70. The summed E-state index contributed by atoms with van der Waals surface area (Å²) in [4.78, 5) is 12.3. The maximum Gasteiger partial charge on any atom is 0.220 e. The second-order valence-electron chi connectivity index (χ2n) is 6.12. The Hall–Kier alpha value is -1.51. The molecular formula is C20H23Cl2NO. The van der Waals surface area contributed by atoms with Gasteiger partial charge in [0.25, 0.3) is 0 Å². The molecule has 0 radical (unpaired) electrons. The van der Waals surface area contributed by atoms with Crippen LogP contribution in [0, 0.1) is 13.8 Å².